The predicted molar refractivity (Wildman–Crippen MR) is 62.4 cm³/mol. The van der Waals surface area contributed by atoms with E-state index in [0.29, 0.717) is 6.42 Å². The number of hydrogen-bond donors (Lipinski definition) is 1. The lowest BCUT2D eigenvalue weighted by Gasteiger charge is -2.11. The lowest BCUT2D eigenvalue weighted by Crippen LogP contribution is -2.22. The van der Waals surface area contributed by atoms with Gasteiger partial charge in [-0.2, -0.15) is 0 Å². The van der Waals surface area contributed by atoms with Crippen LogP contribution in [0.3, 0.4) is 0 Å². The van der Waals surface area contributed by atoms with E-state index in [-0.39, 0.29) is 28.2 Å². The number of unbranched alkanes of at least 4 members (excludes halogenated alkanes) is 2. The van der Waals surface area contributed by atoms with Gasteiger partial charge in [0.05, 0.1) is 6.61 Å². The summed E-state index contributed by atoms with van der Waals surface area (Å²) in [6.07, 6.45) is 2.57. The molecule has 0 aliphatic carbocycles. The first kappa shape index (κ1) is 15.8. The SMILES string of the molecule is CCCCCC(=O)OCC(O)COPOC. The molecule has 0 aliphatic rings. The van der Waals surface area contributed by atoms with Crippen molar-refractivity contribution in [2.75, 3.05) is 20.3 Å². The Hall–Kier alpha value is -0.220. The molecule has 0 spiro atoms. The van der Waals surface area contributed by atoms with Crippen LogP contribution in [0.4, 0.5) is 0 Å². The minimum Gasteiger partial charge on any atom is -0.463 e. The van der Waals surface area contributed by atoms with Crippen LogP contribution in [0.2, 0.25) is 0 Å². The molecular formula is C10H21O5P. The molecule has 0 aromatic heterocycles. The lowest BCUT2D eigenvalue weighted by atomic mass is 10.2. The molecule has 16 heavy (non-hydrogen) atoms. The highest BCUT2D eigenvalue weighted by atomic mass is 31.1. The molecule has 2 atom stereocenters. The van der Waals surface area contributed by atoms with Gasteiger partial charge in [0.15, 0.2) is 9.03 Å². The van der Waals surface area contributed by atoms with Crippen LogP contribution in [0.1, 0.15) is 32.6 Å². The van der Waals surface area contributed by atoms with Crippen LogP contribution in [-0.2, 0) is 18.6 Å². The Morgan fingerprint density at radius 3 is 2.75 bits per heavy atom. The predicted octanol–water partition coefficient (Wildman–Crippen LogP) is 1.64. The summed E-state index contributed by atoms with van der Waals surface area (Å²) in [6.45, 7) is 2.18. The van der Waals surface area contributed by atoms with Gasteiger partial charge in [0.2, 0.25) is 0 Å². The van der Waals surface area contributed by atoms with Gasteiger partial charge >= 0.3 is 5.97 Å². The molecule has 6 heteroatoms. The standard InChI is InChI=1S/C10H21O5P/c1-3-4-5-6-10(12)14-7-9(11)8-15-16-13-2/h9,11,16H,3-8H2,1-2H3. The highest BCUT2D eigenvalue weighted by molar-refractivity contribution is 7.26. The van der Waals surface area contributed by atoms with Gasteiger partial charge in [-0.1, -0.05) is 19.8 Å². The number of ether oxygens (including phenoxy) is 1. The van der Waals surface area contributed by atoms with E-state index in [1.807, 2.05) is 0 Å². The first-order chi connectivity index (χ1) is 7.70. The fourth-order valence-corrected chi connectivity index (χ4v) is 1.40. The van der Waals surface area contributed by atoms with E-state index in [4.69, 9.17) is 9.26 Å². The van der Waals surface area contributed by atoms with Gasteiger partial charge in [0.25, 0.3) is 0 Å². The maximum absolute atomic E-state index is 11.2. The molecule has 0 saturated carbocycles. The fraction of sp³-hybridized carbons (Fsp3) is 0.900. The zero-order valence-corrected chi connectivity index (χ0v) is 10.9. The van der Waals surface area contributed by atoms with E-state index < -0.39 is 6.10 Å². The number of esters is 1. The van der Waals surface area contributed by atoms with Crippen molar-refractivity contribution in [1.82, 2.24) is 0 Å². The van der Waals surface area contributed by atoms with Gasteiger partial charge in [0, 0.05) is 13.5 Å². The molecule has 0 saturated heterocycles. The molecule has 0 bridgehead atoms. The van der Waals surface area contributed by atoms with Gasteiger partial charge in [-0.25, -0.2) is 0 Å². The summed E-state index contributed by atoms with van der Waals surface area (Å²) in [4.78, 5) is 11.2. The fourth-order valence-electron chi connectivity index (χ4n) is 1.02. The average Bonchev–Trinajstić information content (AvgIpc) is 2.27. The number of carbonyl (C=O) groups excluding carboxylic acids is 1. The first-order valence-corrected chi connectivity index (χ1v) is 6.25. The molecule has 2 unspecified atom stereocenters. The third-order valence-corrected chi connectivity index (χ3v) is 2.29. The van der Waals surface area contributed by atoms with Gasteiger partial charge in [-0.3, -0.25) is 4.79 Å². The number of aliphatic hydroxyl groups is 1. The van der Waals surface area contributed by atoms with E-state index in [2.05, 4.69) is 11.4 Å². The van der Waals surface area contributed by atoms with Crippen LogP contribution < -0.4 is 0 Å². The Bertz CT molecular complexity index is 177. The van der Waals surface area contributed by atoms with Crippen molar-refractivity contribution in [2.24, 2.45) is 0 Å². The van der Waals surface area contributed by atoms with Crippen LogP contribution in [0.25, 0.3) is 0 Å². The highest BCUT2D eigenvalue weighted by Crippen LogP contribution is 2.11. The maximum atomic E-state index is 11.2. The molecule has 0 aromatic rings. The molecule has 96 valence electrons. The number of hydrogen-bond acceptors (Lipinski definition) is 5. The van der Waals surface area contributed by atoms with Gasteiger partial charge < -0.3 is 18.9 Å². The number of carbonyl (C=O) groups is 1. The summed E-state index contributed by atoms with van der Waals surface area (Å²) in [5.41, 5.74) is 0. The summed E-state index contributed by atoms with van der Waals surface area (Å²) in [6, 6.07) is 0. The van der Waals surface area contributed by atoms with E-state index in [9.17, 15) is 9.90 Å². The lowest BCUT2D eigenvalue weighted by molar-refractivity contribution is -0.147. The summed E-state index contributed by atoms with van der Waals surface area (Å²) >= 11 is 0. The van der Waals surface area contributed by atoms with Crippen molar-refractivity contribution < 1.29 is 23.7 Å². The minimum atomic E-state index is -0.780. The van der Waals surface area contributed by atoms with Crippen molar-refractivity contribution in [3.8, 4) is 0 Å². The number of rotatable bonds is 10. The van der Waals surface area contributed by atoms with E-state index in [1.165, 1.54) is 7.11 Å². The second-order valence-corrected chi connectivity index (χ2v) is 4.26. The molecule has 0 aliphatic heterocycles. The third-order valence-electron chi connectivity index (χ3n) is 1.84. The Morgan fingerprint density at radius 1 is 1.38 bits per heavy atom. The molecule has 1 N–H and O–H groups in total. The Morgan fingerprint density at radius 2 is 2.12 bits per heavy atom. The maximum Gasteiger partial charge on any atom is 0.305 e. The van der Waals surface area contributed by atoms with Crippen LogP contribution in [0.5, 0.6) is 0 Å². The van der Waals surface area contributed by atoms with Crippen molar-refractivity contribution >= 4 is 15.0 Å². The van der Waals surface area contributed by atoms with Gasteiger partial charge in [-0.05, 0) is 6.42 Å². The Kier molecular flexibility index (Phi) is 11.1. The molecule has 0 rings (SSSR count). The quantitative estimate of drug-likeness (QED) is 0.364. The molecule has 0 radical (unpaired) electrons. The number of aliphatic hydroxyl groups excluding tert-OH is 1. The molecule has 0 heterocycles. The van der Waals surface area contributed by atoms with Crippen molar-refractivity contribution in [2.45, 2.75) is 38.7 Å². The minimum absolute atomic E-state index is 0.0147. The molecule has 0 amide bonds. The third kappa shape index (κ3) is 10.3. The molecule has 0 aromatic carbocycles. The van der Waals surface area contributed by atoms with E-state index in [1.54, 1.807) is 0 Å². The second kappa shape index (κ2) is 11.3. The van der Waals surface area contributed by atoms with E-state index in [0.717, 1.165) is 19.3 Å². The smallest absolute Gasteiger partial charge is 0.305 e. The highest BCUT2D eigenvalue weighted by Gasteiger charge is 2.08. The average molecular weight is 252 g/mol. The normalized spacial score (nSPS) is 13.2. The summed E-state index contributed by atoms with van der Waals surface area (Å²) < 4.78 is 14.5. The Balaban J connectivity index is 3.36. The zero-order chi connectivity index (χ0) is 12.2. The van der Waals surface area contributed by atoms with Gasteiger partial charge in [-0.15, -0.1) is 0 Å². The summed E-state index contributed by atoms with van der Waals surface area (Å²) in [7, 11) is 1.42. The first-order valence-electron chi connectivity index (χ1n) is 5.44. The molecular weight excluding hydrogens is 231 g/mol. The van der Waals surface area contributed by atoms with E-state index >= 15 is 0 Å². The summed E-state index contributed by atoms with van der Waals surface area (Å²) in [5, 5.41) is 9.34. The van der Waals surface area contributed by atoms with Crippen LogP contribution in [0.15, 0.2) is 0 Å². The van der Waals surface area contributed by atoms with Crippen molar-refractivity contribution in [3.05, 3.63) is 0 Å². The molecule has 0 fully saturated rings. The largest absolute Gasteiger partial charge is 0.463 e. The van der Waals surface area contributed by atoms with Crippen LogP contribution in [-0.4, -0.2) is 37.5 Å². The van der Waals surface area contributed by atoms with Crippen LogP contribution >= 0.6 is 9.03 Å². The monoisotopic (exact) mass is 252 g/mol. The Labute approximate surface area is 98.4 Å². The van der Waals surface area contributed by atoms with Gasteiger partial charge in [0.1, 0.15) is 12.7 Å². The van der Waals surface area contributed by atoms with Crippen molar-refractivity contribution in [3.63, 3.8) is 0 Å². The topological polar surface area (TPSA) is 65.0 Å². The van der Waals surface area contributed by atoms with Crippen LogP contribution in [0, 0.1) is 0 Å². The molecule has 5 nitrogen and oxygen atoms in total. The van der Waals surface area contributed by atoms with Crippen molar-refractivity contribution in [1.29, 1.82) is 0 Å². The second-order valence-electron chi connectivity index (χ2n) is 3.39. The zero-order valence-electron chi connectivity index (χ0n) is 9.90. The summed E-state index contributed by atoms with van der Waals surface area (Å²) in [5.74, 6) is -0.262.